The van der Waals surface area contributed by atoms with Crippen molar-refractivity contribution in [2.75, 3.05) is 6.54 Å². The molecule has 0 aliphatic heterocycles. The van der Waals surface area contributed by atoms with Gasteiger partial charge in [0.2, 0.25) is 5.91 Å². The Hall–Kier alpha value is -1.77. The molecular weight excluding hydrogens is 200 g/mol. The highest BCUT2D eigenvalue weighted by Gasteiger charge is 2.04. The first-order valence-corrected chi connectivity index (χ1v) is 5.36. The van der Waals surface area contributed by atoms with Gasteiger partial charge in [0.25, 0.3) is 0 Å². The molecule has 0 aromatic heterocycles. The zero-order valence-electron chi connectivity index (χ0n) is 9.79. The predicted molar refractivity (Wildman–Crippen MR) is 65.7 cm³/mol. The number of nitrogens with one attached hydrogen (secondary N) is 1. The standard InChI is InChI=1S/C13H18N2O/c1-10(11(2)14)13(16)15-9-8-12-6-4-3-5-7-12/h3-7H,8-9,14H2,1-2H3,(H,15,16). The number of hydrogen-bond donors (Lipinski definition) is 2. The monoisotopic (exact) mass is 218 g/mol. The Labute approximate surface area is 96.3 Å². The number of amides is 1. The Morgan fingerprint density at radius 2 is 1.88 bits per heavy atom. The van der Waals surface area contributed by atoms with Crippen molar-refractivity contribution in [1.29, 1.82) is 0 Å². The second-order valence-electron chi connectivity index (χ2n) is 3.80. The van der Waals surface area contributed by atoms with Gasteiger partial charge in [0.15, 0.2) is 0 Å². The van der Waals surface area contributed by atoms with Crippen LogP contribution < -0.4 is 11.1 Å². The number of nitrogens with two attached hydrogens (primary N) is 1. The van der Waals surface area contributed by atoms with E-state index in [9.17, 15) is 4.79 Å². The molecule has 16 heavy (non-hydrogen) atoms. The SMILES string of the molecule is CC(N)=C(C)C(=O)NCCc1ccccc1. The summed E-state index contributed by atoms with van der Waals surface area (Å²) < 4.78 is 0. The van der Waals surface area contributed by atoms with Gasteiger partial charge in [-0.2, -0.15) is 0 Å². The minimum atomic E-state index is -0.0871. The third kappa shape index (κ3) is 3.77. The van der Waals surface area contributed by atoms with Gasteiger partial charge in [0.1, 0.15) is 0 Å². The van der Waals surface area contributed by atoms with E-state index >= 15 is 0 Å². The summed E-state index contributed by atoms with van der Waals surface area (Å²) in [5, 5.41) is 2.84. The van der Waals surface area contributed by atoms with E-state index < -0.39 is 0 Å². The molecule has 0 aliphatic carbocycles. The highest BCUT2D eigenvalue weighted by Crippen LogP contribution is 1.99. The lowest BCUT2D eigenvalue weighted by atomic mass is 10.1. The molecule has 0 aliphatic rings. The maximum atomic E-state index is 11.5. The van der Waals surface area contributed by atoms with Crippen LogP contribution in [0.15, 0.2) is 41.6 Å². The van der Waals surface area contributed by atoms with E-state index in [1.54, 1.807) is 13.8 Å². The Balaban J connectivity index is 2.37. The molecule has 0 saturated heterocycles. The Bertz CT molecular complexity index is 378. The summed E-state index contributed by atoms with van der Waals surface area (Å²) in [6.45, 7) is 4.09. The van der Waals surface area contributed by atoms with Crippen LogP contribution in [0.3, 0.4) is 0 Å². The van der Waals surface area contributed by atoms with Gasteiger partial charge >= 0.3 is 0 Å². The van der Waals surface area contributed by atoms with Crippen LogP contribution in [-0.2, 0) is 11.2 Å². The van der Waals surface area contributed by atoms with E-state index in [4.69, 9.17) is 5.73 Å². The summed E-state index contributed by atoms with van der Waals surface area (Å²) in [5.74, 6) is -0.0871. The highest BCUT2D eigenvalue weighted by molar-refractivity contribution is 5.93. The number of carbonyl (C=O) groups is 1. The van der Waals surface area contributed by atoms with Crippen molar-refractivity contribution >= 4 is 5.91 Å². The Kier molecular flexibility index (Phi) is 4.58. The lowest BCUT2D eigenvalue weighted by molar-refractivity contribution is -0.117. The zero-order valence-corrected chi connectivity index (χ0v) is 9.79. The third-order valence-corrected chi connectivity index (χ3v) is 2.47. The van der Waals surface area contributed by atoms with Crippen molar-refractivity contribution in [3.63, 3.8) is 0 Å². The molecule has 0 spiro atoms. The zero-order chi connectivity index (χ0) is 12.0. The lowest BCUT2D eigenvalue weighted by Gasteiger charge is -2.06. The fraction of sp³-hybridized carbons (Fsp3) is 0.308. The summed E-state index contributed by atoms with van der Waals surface area (Å²) in [5.41, 5.74) is 7.91. The van der Waals surface area contributed by atoms with Crippen molar-refractivity contribution in [2.24, 2.45) is 5.73 Å². The minimum Gasteiger partial charge on any atom is -0.402 e. The van der Waals surface area contributed by atoms with Gasteiger partial charge in [-0.1, -0.05) is 30.3 Å². The van der Waals surface area contributed by atoms with Crippen molar-refractivity contribution in [3.05, 3.63) is 47.2 Å². The van der Waals surface area contributed by atoms with Crippen LogP contribution in [0.2, 0.25) is 0 Å². The summed E-state index contributed by atoms with van der Waals surface area (Å²) in [4.78, 5) is 11.5. The maximum Gasteiger partial charge on any atom is 0.248 e. The summed E-state index contributed by atoms with van der Waals surface area (Å²) in [7, 11) is 0. The molecule has 0 fully saturated rings. The van der Waals surface area contributed by atoms with Crippen LogP contribution in [0.1, 0.15) is 19.4 Å². The molecule has 0 atom stereocenters. The predicted octanol–water partition coefficient (Wildman–Crippen LogP) is 1.60. The summed E-state index contributed by atoms with van der Waals surface area (Å²) in [6, 6.07) is 10.1. The van der Waals surface area contributed by atoms with Gasteiger partial charge in [0, 0.05) is 17.8 Å². The second-order valence-corrected chi connectivity index (χ2v) is 3.80. The molecule has 0 bridgehead atoms. The first kappa shape index (κ1) is 12.3. The van der Waals surface area contributed by atoms with Crippen LogP contribution in [0.5, 0.6) is 0 Å². The number of hydrogen-bond acceptors (Lipinski definition) is 2. The molecule has 86 valence electrons. The summed E-state index contributed by atoms with van der Waals surface area (Å²) in [6.07, 6.45) is 0.837. The maximum absolute atomic E-state index is 11.5. The van der Waals surface area contributed by atoms with Gasteiger partial charge in [0.05, 0.1) is 0 Å². The average Bonchev–Trinajstić information content (AvgIpc) is 2.29. The van der Waals surface area contributed by atoms with E-state index in [0.29, 0.717) is 17.8 Å². The van der Waals surface area contributed by atoms with Crippen LogP contribution in [0.4, 0.5) is 0 Å². The highest BCUT2D eigenvalue weighted by atomic mass is 16.1. The molecule has 3 N–H and O–H groups in total. The van der Waals surface area contributed by atoms with Gasteiger partial charge in [-0.05, 0) is 25.8 Å². The molecule has 0 heterocycles. The van der Waals surface area contributed by atoms with Crippen LogP contribution in [0.25, 0.3) is 0 Å². The molecule has 1 amide bonds. The molecule has 3 nitrogen and oxygen atoms in total. The molecule has 0 unspecified atom stereocenters. The third-order valence-electron chi connectivity index (χ3n) is 2.47. The van der Waals surface area contributed by atoms with E-state index in [-0.39, 0.29) is 5.91 Å². The van der Waals surface area contributed by atoms with Crippen LogP contribution in [0, 0.1) is 0 Å². The van der Waals surface area contributed by atoms with Gasteiger partial charge < -0.3 is 11.1 Å². The summed E-state index contributed by atoms with van der Waals surface area (Å²) >= 11 is 0. The first-order chi connectivity index (χ1) is 7.61. The van der Waals surface area contributed by atoms with E-state index in [2.05, 4.69) is 5.32 Å². The molecule has 0 saturated carbocycles. The second kappa shape index (κ2) is 5.95. The quantitative estimate of drug-likeness (QED) is 0.754. The number of allylic oxidation sites excluding steroid dienone is 1. The number of rotatable bonds is 4. The lowest BCUT2D eigenvalue weighted by Crippen LogP contribution is -2.27. The largest absolute Gasteiger partial charge is 0.402 e. The fourth-order valence-corrected chi connectivity index (χ4v) is 1.28. The van der Waals surface area contributed by atoms with E-state index in [1.807, 2.05) is 30.3 Å². The molecule has 0 radical (unpaired) electrons. The molecule has 1 aromatic carbocycles. The Morgan fingerprint density at radius 3 is 2.44 bits per heavy atom. The van der Waals surface area contributed by atoms with Gasteiger partial charge in [-0.15, -0.1) is 0 Å². The van der Waals surface area contributed by atoms with E-state index in [0.717, 1.165) is 6.42 Å². The van der Waals surface area contributed by atoms with E-state index in [1.165, 1.54) is 5.56 Å². The van der Waals surface area contributed by atoms with Crippen LogP contribution in [-0.4, -0.2) is 12.5 Å². The Morgan fingerprint density at radius 1 is 1.25 bits per heavy atom. The van der Waals surface area contributed by atoms with Crippen molar-refractivity contribution in [1.82, 2.24) is 5.32 Å². The normalized spacial score (nSPS) is 11.9. The van der Waals surface area contributed by atoms with Crippen molar-refractivity contribution in [3.8, 4) is 0 Å². The number of benzene rings is 1. The van der Waals surface area contributed by atoms with Gasteiger partial charge in [-0.3, -0.25) is 4.79 Å². The van der Waals surface area contributed by atoms with Crippen LogP contribution >= 0.6 is 0 Å². The van der Waals surface area contributed by atoms with Crippen molar-refractivity contribution in [2.45, 2.75) is 20.3 Å². The number of carbonyl (C=O) groups excluding carboxylic acids is 1. The van der Waals surface area contributed by atoms with Gasteiger partial charge in [-0.25, -0.2) is 0 Å². The van der Waals surface area contributed by atoms with Crippen molar-refractivity contribution < 1.29 is 4.79 Å². The molecular formula is C13H18N2O. The topological polar surface area (TPSA) is 55.1 Å². The fourth-order valence-electron chi connectivity index (χ4n) is 1.28. The smallest absolute Gasteiger partial charge is 0.248 e. The molecule has 3 heteroatoms. The minimum absolute atomic E-state index is 0.0871. The average molecular weight is 218 g/mol. The molecule has 1 aromatic rings. The first-order valence-electron chi connectivity index (χ1n) is 5.36. The molecule has 1 rings (SSSR count).